The number of furan rings is 1. The van der Waals surface area contributed by atoms with Gasteiger partial charge in [0.25, 0.3) is 0 Å². The van der Waals surface area contributed by atoms with Gasteiger partial charge in [0, 0.05) is 24.4 Å². The topological polar surface area (TPSA) is 71.3 Å². The van der Waals surface area contributed by atoms with Crippen LogP contribution in [0.15, 0.2) is 33.1 Å². The molecule has 0 radical (unpaired) electrons. The Kier molecular flexibility index (Phi) is 5.58. The molecule has 5 nitrogen and oxygen atoms in total. The Hall–Kier alpha value is -1.15. The minimum absolute atomic E-state index is 0.329. The molecule has 2 aromatic rings. The van der Waals surface area contributed by atoms with Gasteiger partial charge in [-0.1, -0.05) is 6.92 Å². The summed E-state index contributed by atoms with van der Waals surface area (Å²) in [5, 5.41) is 3.21. The highest BCUT2D eigenvalue weighted by atomic mass is 32.2. The standard InChI is InChI=1S/C14H20N2O3S2/c1-3-15-10-13-11(2)9-14(20-13)21(17,18)16-7-6-12-5-4-8-19-12/h4-5,8-9,15-16H,3,6-7,10H2,1-2H3. The first-order valence-corrected chi connectivity index (χ1v) is 9.15. The Labute approximate surface area is 129 Å². The first-order chi connectivity index (χ1) is 10.0. The van der Waals surface area contributed by atoms with Crippen molar-refractivity contribution in [2.45, 2.75) is 31.0 Å². The molecule has 0 aromatic carbocycles. The molecule has 0 aliphatic carbocycles. The Balaban J connectivity index is 1.98. The van der Waals surface area contributed by atoms with Gasteiger partial charge in [-0.2, -0.15) is 0 Å². The highest BCUT2D eigenvalue weighted by molar-refractivity contribution is 7.91. The number of aryl methyl sites for hydroxylation is 1. The van der Waals surface area contributed by atoms with Crippen molar-refractivity contribution in [3.05, 3.63) is 40.7 Å². The molecule has 0 saturated heterocycles. The van der Waals surface area contributed by atoms with Crippen molar-refractivity contribution in [1.29, 1.82) is 0 Å². The number of thiophene rings is 1. The zero-order valence-corrected chi connectivity index (χ0v) is 13.8. The summed E-state index contributed by atoms with van der Waals surface area (Å²) in [6.45, 7) is 5.85. The molecule has 2 heterocycles. The molecule has 7 heteroatoms. The molecule has 0 bridgehead atoms. The zero-order valence-electron chi connectivity index (χ0n) is 12.2. The van der Waals surface area contributed by atoms with Crippen molar-refractivity contribution in [3.63, 3.8) is 0 Å². The summed E-state index contributed by atoms with van der Waals surface area (Å²) in [7, 11) is -3.44. The van der Waals surface area contributed by atoms with Crippen LogP contribution in [0.25, 0.3) is 0 Å². The number of hydrogen-bond acceptors (Lipinski definition) is 5. The third kappa shape index (κ3) is 4.41. The minimum atomic E-state index is -3.44. The van der Waals surface area contributed by atoms with Gasteiger partial charge in [-0.05, 0) is 37.2 Å². The fourth-order valence-corrected chi connectivity index (χ4v) is 4.50. The molecule has 0 aliphatic rings. The Morgan fingerprint density at radius 1 is 1.38 bits per heavy atom. The van der Waals surface area contributed by atoms with Gasteiger partial charge < -0.3 is 9.73 Å². The van der Waals surface area contributed by atoms with E-state index in [1.165, 1.54) is 11.3 Å². The van der Waals surface area contributed by atoms with Crippen molar-refractivity contribution in [2.24, 2.45) is 0 Å². The predicted octanol–water partition coefficient (Wildman–Crippen LogP) is 2.28. The average Bonchev–Trinajstić information content (AvgIpc) is 3.06. The summed E-state index contributed by atoms with van der Waals surface area (Å²) >= 11 is 1.32. The van der Waals surface area contributed by atoms with E-state index >= 15 is 0 Å². The first-order valence-electron chi connectivity index (χ1n) is 6.85. The summed E-state index contributed by atoms with van der Waals surface area (Å²) in [6.07, 6.45) is 2.13. The molecule has 21 heavy (non-hydrogen) atoms. The van der Waals surface area contributed by atoms with E-state index in [0.717, 1.165) is 22.7 Å². The molecule has 2 N–H and O–H groups in total. The summed E-state index contributed by atoms with van der Waals surface area (Å²) in [5.74, 6) is 0.771. The molecule has 0 atom stereocenters. The lowest BCUT2D eigenvalue weighted by Gasteiger charge is -2.03. The van der Waals surface area contributed by atoms with Crippen LogP contribution in [0.3, 0.4) is 0 Å². The fourth-order valence-electron chi connectivity index (χ4n) is 1.87. The Morgan fingerprint density at radius 2 is 2.19 bits per heavy atom. The Morgan fingerprint density at radius 3 is 2.86 bits per heavy atom. The number of hydrogen-bond donors (Lipinski definition) is 2. The lowest BCUT2D eigenvalue weighted by atomic mass is 10.3. The van der Waals surface area contributed by atoms with Crippen LogP contribution >= 0.6 is 11.3 Å². The maximum Gasteiger partial charge on any atom is 0.250 e. The van der Waals surface area contributed by atoms with Gasteiger partial charge in [-0.3, -0.25) is 0 Å². The molecular formula is C14H20N2O3S2. The van der Waals surface area contributed by atoms with Crippen LogP contribution in [-0.4, -0.2) is 21.5 Å². The second kappa shape index (κ2) is 7.22. The molecular weight excluding hydrogens is 308 g/mol. The van der Waals surface area contributed by atoms with E-state index in [9.17, 15) is 8.42 Å². The highest BCUT2D eigenvalue weighted by Gasteiger charge is 2.18. The minimum Gasteiger partial charge on any atom is -0.469 e. The van der Waals surface area contributed by atoms with Gasteiger partial charge in [0.05, 0.1) is 6.26 Å². The van der Waals surface area contributed by atoms with E-state index in [4.69, 9.17) is 4.42 Å². The summed E-state index contributed by atoms with van der Waals surface area (Å²) in [6, 6.07) is 5.35. The average molecular weight is 328 g/mol. The smallest absolute Gasteiger partial charge is 0.250 e. The van der Waals surface area contributed by atoms with Crippen LogP contribution < -0.4 is 10.0 Å². The summed E-state index contributed by atoms with van der Waals surface area (Å²) in [5.41, 5.74) is 1.01. The SMILES string of the molecule is CCNCc1sc(S(=O)(=O)NCCc2ccco2)cc1C. The lowest BCUT2D eigenvalue weighted by Crippen LogP contribution is -2.25. The van der Waals surface area contributed by atoms with Crippen molar-refractivity contribution in [2.75, 3.05) is 13.1 Å². The van der Waals surface area contributed by atoms with Gasteiger partial charge >= 0.3 is 0 Å². The molecule has 116 valence electrons. The van der Waals surface area contributed by atoms with Gasteiger partial charge in [-0.15, -0.1) is 11.3 Å². The van der Waals surface area contributed by atoms with E-state index in [-0.39, 0.29) is 0 Å². The normalized spacial score (nSPS) is 11.9. The maximum absolute atomic E-state index is 12.2. The number of nitrogens with one attached hydrogen (secondary N) is 2. The zero-order chi connectivity index (χ0) is 15.3. The van der Waals surface area contributed by atoms with Gasteiger partial charge in [0.15, 0.2) is 0 Å². The third-order valence-corrected chi connectivity index (χ3v) is 6.21. The van der Waals surface area contributed by atoms with E-state index in [0.29, 0.717) is 23.7 Å². The second-order valence-corrected chi connectivity index (χ2v) is 7.81. The third-order valence-electron chi connectivity index (χ3n) is 3.04. The van der Waals surface area contributed by atoms with Crippen molar-refractivity contribution in [3.8, 4) is 0 Å². The summed E-state index contributed by atoms with van der Waals surface area (Å²) < 4.78 is 32.7. The lowest BCUT2D eigenvalue weighted by molar-refractivity contribution is 0.506. The maximum atomic E-state index is 12.2. The number of rotatable bonds is 8. The van der Waals surface area contributed by atoms with E-state index in [1.807, 2.05) is 19.9 Å². The van der Waals surface area contributed by atoms with Gasteiger partial charge in [0.1, 0.15) is 9.97 Å². The molecule has 0 fully saturated rings. The molecule has 0 spiro atoms. The van der Waals surface area contributed by atoms with E-state index in [2.05, 4.69) is 10.0 Å². The second-order valence-electron chi connectivity index (χ2n) is 4.68. The largest absolute Gasteiger partial charge is 0.469 e. The number of sulfonamides is 1. The molecule has 0 amide bonds. The van der Waals surface area contributed by atoms with Crippen LogP contribution in [-0.2, 0) is 23.0 Å². The van der Waals surface area contributed by atoms with Crippen LogP contribution in [0.5, 0.6) is 0 Å². The van der Waals surface area contributed by atoms with Gasteiger partial charge in [0.2, 0.25) is 10.0 Å². The van der Waals surface area contributed by atoms with E-state index in [1.54, 1.807) is 18.4 Å². The van der Waals surface area contributed by atoms with E-state index < -0.39 is 10.0 Å². The van der Waals surface area contributed by atoms with Crippen LogP contribution in [0.4, 0.5) is 0 Å². The van der Waals surface area contributed by atoms with Crippen molar-refractivity contribution >= 4 is 21.4 Å². The van der Waals surface area contributed by atoms with Gasteiger partial charge in [-0.25, -0.2) is 13.1 Å². The fraction of sp³-hybridized carbons (Fsp3) is 0.429. The molecule has 0 saturated carbocycles. The highest BCUT2D eigenvalue weighted by Crippen LogP contribution is 2.25. The van der Waals surface area contributed by atoms with Crippen LogP contribution in [0.2, 0.25) is 0 Å². The monoisotopic (exact) mass is 328 g/mol. The molecule has 0 unspecified atom stereocenters. The molecule has 2 rings (SSSR count). The Bertz CT molecular complexity index is 660. The van der Waals surface area contributed by atoms with Crippen molar-refractivity contribution in [1.82, 2.24) is 10.0 Å². The van der Waals surface area contributed by atoms with Crippen LogP contribution in [0, 0.1) is 6.92 Å². The van der Waals surface area contributed by atoms with Crippen LogP contribution in [0.1, 0.15) is 23.1 Å². The molecule has 0 aliphatic heterocycles. The summed E-state index contributed by atoms with van der Waals surface area (Å²) in [4.78, 5) is 1.06. The quantitative estimate of drug-likeness (QED) is 0.780. The first kappa shape index (κ1) is 16.2. The van der Waals surface area contributed by atoms with Crippen molar-refractivity contribution < 1.29 is 12.8 Å². The predicted molar refractivity (Wildman–Crippen MR) is 84.0 cm³/mol. The molecule has 2 aromatic heterocycles.